The highest BCUT2D eigenvalue weighted by Gasteiger charge is 2.23. The topological polar surface area (TPSA) is 8.17 Å². The van der Waals surface area contributed by atoms with Gasteiger partial charge in [0.2, 0.25) is 0 Å². The summed E-state index contributed by atoms with van der Waals surface area (Å²) in [5.74, 6) is 0. The number of aromatic nitrogens is 1. The summed E-state index contributed by atoms with van der Waals surface area (Å²) >= 11 is 0. The van der Waals surface area contributed by atoms with Gasteiger partial charge in [-0.15, -0.1) is 0 Å². The smallest absolute Gasteiger partial charge is 0.0546 e. The van der Waals surface area contributed by atoms with E-state index in [1.54, 1.807) is 0 Å². The summed E-state index contributed by atoms with van der Waals surface area (Å²) in [5, 5.41) is 2.51. The molecule has 9 aromatic carbocycles. The maximum atomic E-state index is 2.42. The molecule has 0 saturated heterocycles. The predicted octanol–water partition coefficient (Wildman–Crippen LogP) is 14.9. The average molecular weight is 715 g/mol. The molecular formula is C54H38N2. The molecule has 10 aromatic rings. The molecule has 0 unspecified atom stereocenters. The molecule has 0 aliphatic rings. The van der Waals surface area contributed by atoms with Crippen molar-refractivity contribution in [1.29, 1.82) is 0 Å². The van der Waals surface area contributed by atoms with Crippen LogP contribution in [-0.2, 0) is 0 Å². The summed E-state index contributed by atoms with van der Waals surface area (Å²) in [7, 11) is 0. The fraction of sp³-hybridized carbons (Fsp3) is 0. The van der Waals surface area contributed by atoms with Crippen LogP contribution >= 0.6 is 0 Å². The summed E-state index contributed by atoms with van der Waals surface area (Å²) in [5.41, 5.74) is 16.3. The summed E-state index contributed by atoms with van der Waals surface area (Å²) in [6, 6.07) is 83.1. The summed E-state index contributed by atoms with van der Waals surface area (Å²) < 4.78 is 2.38. The van der Waals surface area contributed by atoms with Crippen molar-refractivity contribution >= 4 is 38.9 Å². The van der Waals surface area contributed by atoms with Gasteiger partial charge in [-0.25, -0.2) is 0 Å². The van der Waals surface area contributed by atoms with Gasteiger partial charge in [0, 0.05) is 33.4 Å². The predicted molar refractivity (Wildman–Crippen MR) is 237 cm³/mol. The van der Waals surface area contributed by atoms with Gasteiger partial charge in [-0.2, -0.15) is 0 Å². The Labute approximate surface area is 327 Å². The molecule has 1 aromatic heterocycles. The lowest BCUT2D eigenvalue weighted by molar-refractivity contribution is 1.17. The fourth-order valence-corrected chi connectivity index (χ4v) is 8.25. The van der Waals surface area contributed by atoms with Crippen LogP contribution < -0.4 is 4.90 Å². The van der Waals surface area contributed by atoms with Crippen LogP contribution in [0, 0.1) is 0 Å². The molecule has 2 nitrogen and oxygen atoms in total. The van der Waals surface area contributed by atoms with Crippen LogP contribution in [0.5, 0.6) is 0 Å². The minimum absolute atomic E-state index is 1.07. The van der Waals surface area contributed by atoms with E-state index >= 15 is 0 Å². The molecule has 0 N–H and O–H groups in total. The van der Waals surface area contributed by atoms with Crippen LogP contribution in [0.25, 0.3) is 72.0 Å². The maximum absolute atomic E-state index is 2.42. The Morgan fingerprint density at radius 3 is 1.30 bits per heavy atom. The number of nitrogens with zero attached hydrogens (tertiary/aromatic N) is 2. The minimum atomic E-state index is 1.07. The van der Waals surface area contributed by atoms with Crippen LogP contribution in [0.4, 0.5) is 17.1 Å². The molecule has 0 spiro atoms. The van der Waals surface area contributed by atoms with Gasteiger partial charge in [-0.05, 0) is 93.5 Å². The minimum Gasteiger partial charge on any atom is -0.310 e. The van der Waals surface area contributed by atoms with Gasteiger partial charge in [0.25, 0.3) is 0 Å². The fourth-order valence-electron chi connectivity index (χ4n) is 8.25. The lowest BCUT2D eigenvalue weighted by Gasteiger charge is -2.30. The Morgan fingerprint density at radius 2 is 0.714 bits per heavy atom. The van der Waals surface area contributed by atoms with Crippen LogP contribution in [0.1, 0.15) is 0 Å². The van der Waals surface area contributed by atoms with Crippen molar-refractivity contribution in [2.24, 2.45) is 0 Å². The van der Waals surface area contributed by atoms with E-state index in [1.807, 2.05) is 0 Å². The molecule has 0 amide bonds. The number of hydrogen-bond acceptors (Lipinski definition) is 1. The van der Waals surface area contributed by atoms with E-state index in [1.165, 1.54) is 66.3 Å². The number of anilines is 3. The third-order valence-electron chi connectivity index (χ3n) is 10.8. The summed E-state index contributed by atoms with van der Waals surface area (Å²) in [6.07, 6.45) is 0. The van der Waals surface area contributed by atoms with Gasteiger partial charge < -0.3 is 9.47 Å². The lowest BCUT2D eigenvalue weighted by atomic mass is 9.87. The Bertz CT molecular complexity index is 2870. The highest BCUT2D eigenvalue weighted by Crippen LogP contribution is 2.48. The molecule has 0 saturated carbocycles. The van der Waals surface area contributed by atoms with Crippen LogP contribution in [0.3, 0.4) is 0 Å². The van der Waals surface area contributed by atoms with Crippen molar-refractivity contribution in [3.05, 3.63) is 231 Å². The molecule has 1 heterocycles. The normalized spacial score (nSPS) is 11.2. The molecule has 56 heavy (non-hydrogen) atoms. The first-order chi connectivity index (χ1) is 27.8. The number of hydrogen-bond donors (Lipinski definition) is 0. The molecule has 0 bridgehead atoms. The molecule has 10 rings (SSSR count). The molecule has 0 fully saturated rings. The van der Waals surface area contributed by atoms with Gasteiger partial charge in [0.15, 0.2) is 0 Å². The largest absolute Gasteiger partial charge is 0.310 e. The summed E-state index contributed by atoms with van der Waals surface area (Å²) in [4.78, 5) is 2.42. The van der Waals surface area contributed by atoms with Gasteiger partial charge in [0.05, 0.1) is 16.7 Å². The Hall–Kier alpha value is -7.42. The maximum Gasteiger partial charge on any atom is 0.0546 e. The Balaban J connectivity index is 1.20. The van der Waals surface area contributed by atoms with Crippen LogP contribution in [0.15, 0.2) is 231 Å². The highest BCUT2D eigenvalue weighted by atomic mass is 15.1. The van der Waals surface area contributed by atoms with Gasteiger partial charge in [0.1, 0.15) is 0 Å². The Morgan fingerprint density at radius 1 is 0.286 bits per heavy atom. The molecule has 0 atom stereocenters. The monoisotopic (exact) mass is 714 g/mol. The number of benzene rings is 9. The van der Waals surface area contributed by atoms with E-state index < -0.39 is 0 Å². The zero-order valence-corrected chi connectivity index (χ0v) is 30.8. The zero-order chi connectivity index (χ0) is 37.3. The van der Waals surface area contributed by atoms with Crippen molar-refractivity contribution in [3.63, 3.8) is 0 Å². The van der Waals surface area contributed by atoms with E-state index in [-0.39, 0.29) is 0 Å². The third-order valence-corrected chi connectivity index (χ3v) is 10.8. The quantitative estimate of drug-likeness (QED) is 0.152. The van der Waals surface area contributed by atoms with Crippen molar-refractivity contribution in [2.45, 2.75) is 0 Å². The number of para-hydroxylation sites is 2. The molecular weight excluding hydrogens is 677 g/mol. The van der Waals surface area contributed by atoms with Crippen molar-refractivity contribution in [1.82, 2.24) is 4.57 Å². The second-order valence-electron chi connectivity index (χ2n) is 14.1. The number of rotatable bonds is 8. The van der Waals surface area contributed by atoms with E-state index in [0.717, 1.165) is 22.7 Å². The third kappa shape index (κ3) is 5.95. The van der Waals surface area contributed by atoms with E-state index in [0.29, 0.717) is 0 Å². The van der Waals surface area contributed by atoms with Crippen molar-refractivity contribution < 1.29 is 0 Å². The van der Waals surface area contributed by atoms with E-state index in [2.05, 4.69) is 240 Å². The number of fused-ring (bicyclic) bond motifs is 3. The molecule has 0 aliphatic heterocycles. The second kappa shape index (κ2) is 14.4. The van der Waals surface area contributed by atoms with Crippen molar-refractivity contribution in [3.8, 4) is 50.2 Å². The average Bonchev–Trinajstić information content (AvgIpc) is 3.62. The van der Waals surface area contributed by atoms with Crippen LogP contribution in [0.2, 0.25) is 0 Å². The first-order valence-electron chi connectivity index (χ1n) is 19.2. The van der Waals surface area contributed by atoms with Crippen LogP contribution in [-0.4, -0.2) is 4.57 Å². The Kier molecular flexibility index (Phi) is 8.55. The second-order valence-corrected chi connectivity index (χ2v) is 14.1. The van der Waals surface area contributed by atoms with E-state index in [9.17, 15) is 0 Å². The van der Waals surface area contributed by atoms with Gasteiger partial charge >= 0.3 is 0 Å². The summed E-state index contributed by atoms with van der Waals surface area (Å²) in [6.45, 7) is 0. The molecule has 264 valence electrons. The zero-order valence-electron chi connectivity index (χ0n) is 30.8. The standard InChI is InChI=1S/C54H38N2/c1-4-17-39(18-5-1)40-31-33-43(34-32-40)55(44-35-37-45(38-36-44)56-51-28-14-12-24-48(51)49-25-13-15-29-52(49)56)53-30-16-27-47(42-21-8-3-9-22-42)54(53)50-26-11-10-23-46(50)41-19-6-2-7-20-41/h1-38H. The molecule has 2 heteroatoms. The first-order valence-corrected chi connectivity index (χ1v) is 19.2. The molecule has 0 aliphatic carbocycles. The van der Waals surface area contributed by atoms with Crippen molar-refractivity contribution in [2.75, 3.05) is 4.90 Å². The van der Waals surface area contributed by atoms with E-state index in [4.69, 9.17) is 0 Å². The first kappa shape index (κ1) is 33.2. The SMILES string of the molecule is c1ccc(-c2ccc(N(c3ccc(-n4c5ccccc5c5ccccc54)cc3)c3cccc(-c4ccccc4)c3-c3ccccc3-c3ccccc3)cc2)cc1. The van der Waals surface area contributed by atoms with Gasteiger partial charge in [-0.1, -0.05) is 176 Å². The molecule has 0 radical (unpaired) electrons. The van der Waals surface area contributed by atoms with Gasteiger partial charge in [-0.3, -0.25) is 0 Å². The lowest BCUT2D eigenvalue weighted by Crippen LogP contribution is -2.12. The highest BCUT2D eigenvalue weighted by molar-refractivity contribution is 6.09.